The van der Waals surface area contributed by atoms with Gasteiger partial charge in [-0.3, -0.25) is 0 Å². The lowest BCUT2D eigenvalue weighted by Gasteiger charge is -2.26. The predicted molar refractivity (Wildman–Crippen MR) is 80.2 cm³/mol. The number of nitrogens with zero attached hydrogens (tertiary/aromatic N) is 3. The number of ether oxygens (including phenoxy) is 1. The average molecular weight is 279 g/mol. The molecule has 0 atom stereocenters. The van der Waals surface area contributed by atoms with Gasteiger partial charge in [-0.15, -0.1) is 0 Å². The first kappa shape index (κ1) is 14.8. The van der Waals surface area contributed by atoms with Gasteiger partial charge in [0.1, 0.15) is 0 Å². The molecule has 20 heavy (non-hydrogen) atoms. The van der Waals surface area contributed by atoms with Crippen molar-refractivity contribution in [3.63, 3.8) is 0 Å². The third-order valence-electron chi connectivity index (χ3n) is 3.32. The van der Waals surface area contributed by atoms with Crippen molar-refractivity contribution in [3.05, 3.63) is 0 Å². The lowest BCUT2D eigenvalue weighted by atomic mass is 9.99. The summed E-state index contributed by atoms with van der Waals surface area (Å²) in [7, 11) is 0. The SMILES string of the molecule is CCNc1nc(NC(C)(C)C2CC2)nc(OC(C)C)n1. The van der Waals surface area contributed by atoms with Crippen LogP contribution in [0.3, 0.4) is 0 Å². The number of nitrogens with one attached hydrogen (secondary N) is 2. The van der Waals surface area contributed by atoms with Crippen LogP contribution < -0.4 is 15.4 Å². The van der Waals surface area contributed by atoms with Crippen molar-refractivity contribution in [1.82, 2.24) is 15.0 Å². The van der Waals surface area contributed by atoms with Crippen LogP contribution in [0.15, 0.2) is 0 Å². The quantitative estimate of drug-likeness (QED) is 0.799. The molecule has 0 aliphatic heterocycles. The number of anilines is 2. The minimum atomic E-state index is -0.0000608. The van der Waals surface area contributed by atoms with E-state index in [4.69, 9.17) is 4.74 Å². The molecule has 1 aromatic rings. The average Bonchev–Trinajstić information content (AvgIpc) is 3.10. The van der Waals surface area contributed by atoms with Gasteiger partial charge in [0, 0.05) is 12.1 Å². The number of hydrogen-bond donors (Lipinski definition) is 2. The van der Waals surface area contributed by atoms with Gasteiger partial charge < -0.3 is 15.4 Å². The molecule has 112 valence electrons. The molecule has 1 fully saturated rings. The first-order valence-corrected chi connectivity index (χ1v) is 7.35. The standard InChI is InChI=1S/C14H25N5O/c1-6-15-11-16-12(18-13(17-11)20-9(2)3)19-14(4,5)10-7-8-10/h9-10H,6-8H2,1-5H3,(H2,15,16,17,18,19). The van der Waals surface area contributed by atoms with E-state index in [-0.39, 0.29) is 11.6 Å². The van der Waals surface area contributed by atoms with Crippen LogP contribution in [-0.2, 0) is 0 Å². The number of aromatic nitrogens is 3. The van der Waals surface area contributed by atoms with Gasteiger partial charge in [-0.25, -0.2) is 0 Å². The molecule has 6 nitrogen and oxygen atoms in total. The molecular formula is C14H25N5O. The van der Waals surface area contributed by atoms with Crippen molar-refractivity contribution >= 4 is 11.9 Å². The lowest BCUT2D eigenvalue weighted by molar-refractivity contribution is 0.222. The summed E-state index contributed by atoms with van der Waals surface area (Å²) in [4.78, 5) is 13.0. The fraction of sp³-hybridized carbons (Fsp3) is 0.786. The monoisotopic (exact) mass is 279 g/mol. The fourth-order valence-corrected chi connectivity index (χ4v) is 2.11. The molecule has 1 aliphatic carbocycles. The first-order valence-electron chi connectivity index (χ1n) is 7.35. The zero-order valence-electron chi connectivity index (χ0n) is 13.0. The highest BCUT2D eigenvalue weighted by Gasteiger charge is 2.38. The molecule has 2 N–H and O–H groups in total. The molecule has 2 rings (SSSR count). The Morgan fingerprint density at radius 3 is 2.40 bits per heavy atom. The summed E-state index contributed by atoms with van der Waals surface area (Å²) < 4.78 is 5.59. The third-order valence-corrected chi connectivity index (χ3v) is 3.32. The minimum absolute atomic E-state index is 0.0000608. The smallest absolute Gasteiger partial charge is 0.323 e. The lowest BCUT2D eigenvalue weighted by Crippen LogP contribution is -2.34. The first-order chi connectivity index (χ1) is 9.40. The molecule has 1 aromatic heterocycles. The Morgan fingerprint density at radius 2 is 1.85 bits per heavy atom. The highest BCUT2D eigenvalue weighted by molar-refractivity contribution is 5.38. The normalized spacial score (nSPS) is 15.3. The van der Waals surface area contributed by atoms with Crippen LogP contribution in [0, 0.1) is 5.92 Å². The molecule has 0 radical (unpaired) electrons. The second kappa shape index (κ2) is 5.81. The van der Waals surface area contributed by atoms with Crippen molar-refractivity contribution in [2.45, 2.75) is 59.1 Å². The highest BCUT2D eigenvalue weighted by atomic mass is 16.5. The maximum atomic E-state index is 5.59. The van der Waals surface area contributed by atoms with Crippen LogP contribution in [0.1, 0.15) is 47.5 Å². The summed E-state index contributed by atoms with van der Waals surface area (Å²) in [5, 5.41) is 6.52. The fourth-order valence-electron chi connectivity index (χ4n) is 2.11. The van der Waals surface area contributed by atoms with Crippen LogP contribution in [0.2, 0.25) is 0 Å². The molecule has 0 saturated heterocycles. The molecule has 1 saturated carbocycles. The zero-order chi connectivity index (χ0) is 14.8. The number of rotatable bonds is 7. The second-order valence-electron chi connectivity index (χ2n) is 6.08. The van der Waals surface area contributed by atoms with E-state index < -0.39 is 0 Å². The van der Waals surface area contributed by atoms with E-state index in [2.05, 4.69) is 39.4 Å². The van der Waals surface area contributed by atoms with Gasteiger partial charge in [0.15, 0.2) is 0 Å². The van der Waals surface area contributed by atoms with Crippen LogP contribution in [-0.4, -0.2) is 33.1 Å². The maximum Gasteiger partial charge on any atom is 0.323 e. The van der Waals surface area contributed by atoms with Gasteiger partial charge in [0.2, 0.25) is 11.9 Å². The summed E-state index contributed by atoms with van der Waals surface area (Å²) in [6, 6.07) is 0.361. The van der Waals surface area contributed by atoms with E-state index in [1.54, 1.807) is 0 Å². The zero-order valence-corrected chi connectivity index (χ0v) is 13.0. The Kier molecular flexibility index (Phi) is 4.30. The Balaban J connectivity index is 2.19. The van der Waals surface area contributed by atoms with Crippen molar-refractivity contribution in [3.8, 4) is 6.01 Å². The summed E-state index contributed by atoms with van der Waals surface area (Å²) in [6.45, 7) is 11.1. The van der Waals surface area contributed by atoms with E-state index >= 15 is 0 Å². The van der Waals surface area contributed by atoms with E-state index in [1.807, 2.05) is 20.8 Å². The molecule has 0 amide bonds. The maximum absolute atomic E-state index is 5.59. The summed E-state index contributed by atoms with van der Waals surface area (Å²) >= 11 is 0. The Hall–Kier alpha value is -1.59. The van der Waals surface area contributed by atoms with Crippen LogP contribution in [0.5, 0.6) is 6.01 Å². The van der Waals surface area contributed by atoms with Gasteiger partial charge in [-0.1, -0.05) is 0 Å². The van der Waals surface area contributed by atoms with Crippen molar-refractivity contribution in [2.75, 3.05) is 17.2 Å². The van der Waals surface area contributed by atoms with Crippen molar-refractivity contribution in [2.24, 2.45) is 5.92 Å². The van der Waals surface area contributed by atoms with E-state index in [9.17, 15) is 0 Å². The molecule has 0 spiro atoms. The summed E-state index contributed by atoms with van der Waals surface area (Å²) in [5.41, 5.74) is -0.0000608. The number of hydrogen-bond acceptors (Lipinski definition) is 6. The van der Waals surface area contributed by atoms with Gasteiger partial charge in [-0.2, -0.15) is 15.0 Å². The van der Waals surface area contributed by atoms with Crippen LogP contribution in [0.25, 0.3) is 0 Å². The van der Waals surface area contributed by atoms with Crippen molar-refractivity contribution < 1.29 is 4.74 Å². The van der Waals surface area contributed by atoms with Crippen LogP contribution in [0.4, 0.5) is 11.9 Å². The van der Waals surface area contributed by atoms with Gasteiger partial charge in [0.05, 0.1) is 6.10 Å². The van der Waals surface area contributed by atoms with Gasteiger partial charge >= 0.3 is 6.01 Å². The Labute approximate surface area is 120 Å². The van der Waals surface area contributed by atoms with E-state index in [0.717, 1.165) is 6.54 Å². The third kappa shape index (κ3) is 3.95. The predicted octanol–water partition coefficient (Wildman–Crippen LogP) is 2.69. The van der Waals surface area contributed by atoms with E-state index in [1.165, 1.54) is 12.8 Å². The molecule has 1 aliphatic rings. The second-order valence-corrected chi connectivity index (χ2v) is 6.08. The largest absolute Gasteiger partial charge is 0.461 e. The topological polar surface area (TPSA) is 72.0 Å². The molecule has 1 heterocycles. The minimum Gasteiger partial charge on any atom is -0.461 e. The molecule has 0 bridgehead atoms. The van der Waals surface area contributed by atoms with Gasteiger partial charge in [0.25, 0.3) is 0 Å². The van der Waals surface area contributed by atoms with Gasteiger partial charge in [-0.05, 0) is 53.4 Å². The molecule has 0 unspecified atom stereocenters. The highest BCUT2D eigenvalue weighted by Crippen LogP contribution is 2.40. The molecular weight excluding hydrogens is 254 g/mol. The van der Waals surface area contributed by atoms with E-state index in [0.29, 0.717) is 23.8 Å². The molecule has 0 aromatic carbocycles. The van der Waals surface area contributed by atoms with Crippen molar-refractivity contribution in [1.29, 1.82) is 0 Å². The summed E-state index contributed by atoms with van der Waals surface area (Å²) in [6.07, 6.45) is 2.57. The Bertz CT molecular complexity index is 457. The summed E-state index contributed by atoms with van der Waals surface area (Å²) in [5.74, 6) is 1.81. The van der Waals surface area contributed by atoms with Crippen LogP contribution >= 0.6 is 0 Å². The Morgan fingerprint density at radius 1 is 1.20 bits per heavy atom. The molecule has 6 heteroatoms.